The molecule has 64 valence electrons. The predicted octanol–water partition coefficient (Wildman–Crippen LogP) is 3.76. The smallest absolute Gasteiger partial charge is 0.0212 e. The van der Waals surface area contributed by atoms with Gasteiger partial charge in [-0.15, -0.1) is 0 Å². The summed E-state index contributed by atoms with van der Waals surface area (Å²) in [5, 5.41) is 1.01. The molecule has 0 heterocycles. The first-order chi connectivity index (χ1) is 5.33. The van der Waals surface area contributed by atoms with Crippen LogP contribution < -0.4 is 0 Å². The Morgan fingerprint density at radius 2 is 1.91 bits per heavy atom. The van der Waals surface area contributed by atoms with Crippen molar-refractivity contribution in [2.45, 2.75) is 32.6 Å². The van der Waals surface area contributed by atoms with Gasteiger partial charge in [-0.05, 0) is 24.7 Å². The Bertz CT molecular complexity index is 121. The Morgan fingerprint density at radius 1 is 1.27 bits per heavy atom. The third-order valence-electron chi connectivity index (χ3n) is 2.56. The third kappa shape index (κ3) is 3.42. The standard InChI is InChI=1S/C10H17Br/c1-9-4-6-10(7-5-9)3-2-8-11/h2-3,9-10H,4-8H2,1H3. The van der Waals surface area contributed by atoms with Gasteiger partial charge in [-0.25, -0.2) is 0 Å². The maximum atomic E-state index is 3.40. The van der Waals surface area contributed by atoms with E-state index in [2.05, 4.69) is 35.0 Å². The molecule has 0 aromatic rings. The molecule has 0 bridgehead atoms. The minimum atomic E-state index is 0.878. The average molecular weight is 217 g/mol. The topological polar surface area (TPSA) is 0 Å². The van der Waals surface area contributed by atoms with Crippen molar-refractivity contribution >= 4 is 15.9 Å². The zero-order valence-corrected chi connectivity index (χ0v) is 8.81. The monoisotopic (exact) mass is 216 g/mol. The van der Waals surface area contributed by atoms with Crippen LogP contribution in [0.2, 0.25) is 0 Å². The van der Waals surface area contributed by atoms with Gasteiger partial charge in [0.15, 0.2) is 0 Å². The van der Waals surface area contributed by atoms with Gasteiger partial charge in [-0.3, -0.25) is 0 Å². The second-order valence-electron chi connectivity index (χ2n) is 3.60. The molecule has 0 amide bonds. The molecule has 1 rings (SSSR count). The van der Waals surface area contributed by atoms with Gasteiger partial charge in [-0.1, -0.05) is 47.8 Å². The number of rotatable bonds is 2. The van der Waals surface area contributed by atoms with Gasteiger partial charge >= 0.3 is 0 Å². The molecule has 0 nitrogen and oxygen atoms in total. The summed E-state index contributed by atoms with van der Waals surface area (Å²) >= 11 is 3.40. The minimum Gasteiger partial charge on any atom is -0.0883 e. The molecular weight excluding hydrogens is 200 g/mol. The Hall–Kier alpha value is 0.220. The predicted molar refractivity (Wildman–Crippen MR) is 54.1 cm³/mol. The zero-order chi connectivity index (χ0) is 8.10. The molecule has 0 atom stereocenters. The van der Waals surface area contributed by atoms with Crippen LogP contribution in [-0.4, -0.2) is 5.33 Å². The summed E-state index contributed by atoms with van der Waals surface area (Å²) in [6.07, 6.45) is 10.3. The molecular formula is C10H17Br. The first kappa shape index (κ1) is 9.31. The van der Waals surface area contributed by atoms with Crippen LogP contribution in [0, 0.1) is 11.8 Å². The van der Waals surface area contributed by atoms with E-state index in [0.29, 0.717) is 0 Å². The SMILES string of the molecule is CC1CCC(C=CCBr)CC1. The molecule has 0 unspecified atom stereocenters. The summed E-state index contributed by atoms with van der Waals surface area (Å²) in [5.74, 6) is 1.85. The summed E-state index contributed by atoms with van der Waals surface area (Å²) in [4.78, 5) is 0. The van der Waals surface area contributed by atoms with Gasteiger partial charge in [0, 0.05) is 5.33 Å². The van der Waals surface area contributed by atoms with E-state index in [-0.39, 0.29) is 0 Å². The largest absolute Gasteiger partial charge is 0.0883 e. The van der Waals surface area contributed by atoms with Crippen molar-refractivity contribution in [3.05, 3.63) is 12.2 Å². The Labute approximate surface area is 78.2 Å². The highest BCUT2D eigenvalue weighted by atomic mass is 79.9. The van der Waals surface area contributed by atoms with E-state index < -0.39 is 0 Å². The van der Waals surface area contributed by atoms with E-state index in [9.17, 15) is 0 Å². The van der Waals surface area contributed by atoms with Crippen LogP contribution >= 0.6 is 15.9 Å². The Morgan fingerprint density at radius 3 is 2.45 bits per heavy atom. The van der Waals surface area contributed by atoms with Gasteiger partial charge < -0.3 is 0 Å². The minimum absolute atomic E-state index is 0.878. The lowest BCUT2D eigenvalue weighted by Gasteiger charge is -2.23. The van der Waals surface area contributed by atoms with Crippen LogP contribution in [0.15, 0.2) is 12.2 Å². The summed E-state index contributed by atoms with van der Waals surface area (Å²) in [5.41, 5.74) is 0. The van der Waals surface area contributed by atoms with Crippen LogP contribution in [0.1, 0.15) is 32.6 Å². The number of alkyl halides is 1. The molecule has 0 radical (unpaired) electrons. The van der Waals surface area contributed by atoms with Crippen molar-refractivity contribution in [2.75, 3.05) is 5.33 Å². The Balaban J connectivity index is 2.22. The fraction of sp³-hybridized carbons (Fsp3) is 0.800. The average Bonchev–Trinajstić information content (AvgIpc) is 2.04. The van der Waals surface area contributed by atoms with E-state index in [4.69, 9.17) is 0 Å². The van der Waals surface area contributed by atoms with Gasteiger partial charge in [-0.2, -0.15) is 0 Å². The number of hydrogen-bond donors (Lipinski definition) is 0. The van der Waals surface area contributed by atoms with Gasteiger partial charge in [0.1, 0.15) is 0 Å². The van der Waals surface area contributed by atoms with Gasteiger partial charge in [0.2, 0.25) is 0 Å². The molecule has 11 heavy (non-hydrogen) atoms. The van der Waals surface area contributed by atoms with E-state index in [1.807, 2.05) is 0 Å². The lowest BCUT2D eigenvalue weighted by Crippen LogP contribution is -2.09. The van der Waals surface area contributed by atoms with E-state index in [0.717, 1.165) is 17.2 Å². The maximum absolute atomic E-state index is 3.40. The number of allylic oxidation sites excluding steroid dienone is 2. The quantitative estimate of drug-likeness (QED) is 0.488. The molecule has 0 saturated heterocycles. The zero-order valence-electron chi connectivity index (χ0n) is 7.22. The van der Waals surface area contributed by atoms with E-state index in [1.165, 1.54) is 25.7 Å². The lowest BCUT2D eigenvalue weighted by atomic mass is 9.83. The highest BCUT2D eigenvalue weighted by Crippen LogP contribution is 2.28. The fourth-order valence-electron chi connectivity index (χ4n) is 1.72. The summed E-state index contributed by atoms with van der Waals surface area (Å²) in [7, 11) is 0. The van der Waals surface area contributed by atoms with E-state index >= 15 is 0 Å². The molecule has 1 aliphatic carbocycles. The highest BCUT2D eigenvalue weighted by molar-refractivity contribution is 9.09. The summed E-state index contributed by atoms with van der Waals surface area (Å²) in [6.45, 7) is 2.37. The first-order valence-electron chi connectivity index (χ1n) is 4.55. The Kier molecular flexibility index (Phi) is 4.21. The number of hydrogen-bond acceptors (Lipinski definition) is 0. The van der Waals surface area contributed by atoms with E-state index in [1.54, 1.807) is 0 Å². The van der Waals surface area contributed by atoms with Crippen LogP contribution in [0.25, 0.3) is 0 Å². The van der Waals surface area contributed by atoms with Crippen molar-refractivity contribution in [1.29, 1.82) is 0 Å². The molecule has 0 aromatic carbocycles. The van der Waals surface area contributed by atoms with Crippen molar-refractivity contribution in [3.63, 3.8) is 0 Å². The lowest BCUT2D eigenvalue weighted by molar-refractivity contribution is 0.330. The van der Waals surface area contributed by atoms with Gasteiger partial charge in [0.25, 0.3) is 0 Å². The molecule has 1 aliphatic rings. The van der Waals surface area contributed by atoms with Crippen molar-refractivity contribution in [1.82, 2.24) is 0 Å². The van der Waals surface area contributed by atoms with Crippen LogP contribution in [0.4, 0.5) is 0 Å². The van der Waals surface area contributed by atoms with Crippen LogP contribution in [0.5, 0.6) is 0 Å². The van der Waals surface area contributed by atoms with Crippen molar-refractivity contribution < 1.29 is 0 Å². The molecule has 0 aliphatic heterocycles. The fourth-order valence-corrected chi connectivity index (χ4v) is 1.94. The first-order valence-corrected chi connectivity index (χ1v) is 5.67. The molecule has 0 aromatic heterocycles. The molecule has 1 fully saturated rings. The molecule has 1 saturated carbocycles. The van der Waals surface area contributed by atoms with Crippen LogP contribution in [-0.2, 0) is 0 Å². The normalized spacial score (nSPS) is 32.9. The highest BCUT2D eigenvalue weighted by Gasteiger charge is 2.15. The van der Waals surface area contributed by atoms with Gasteiger partial charge in [0.05, 0.1) is 0 Å². The van der Waals surface area contributed by atoms with Crippen LogP contribution in [0.3, 0.4) is 0 Å². The second-order valence-corrected chi connectivity index (χ2v) is 4.25. The second kappa shape index (κ2) is 4.97. The summed E-state index contributed by atoms with van der Waals surface area (Å²) < 4.78 is 0. The van der Waals surface area contributed by atoms with Crippen molar-refractivity contribution in [3.8, 4) is 0 Å². The molecule has 0 spiro atoms. The third-order valence-corrected chi connectivity index (χ3v) is 2.93. The number of halogens is 1. The van der Waals surface area contributed by atoms with Crippen molar-refractivity contribution in [2.24, 2.45) is 11.8 Å². The molecule has 1 heteroatoms. The summed E-state index contributed by atoms with van der Waals surface area (Å²) in [6, 6.07) is 0. The maximum Gasteiger partial charge on any atom is 0.0212 e. The molecule has 0 N–H and O–H groups in total.